The summed E-state index contributed by atoms with van der Waals surface area (Å²) < 4.78 is 0. The van der Waals surface area contributed by atoms with Crippen LogP contribution >= 0.6 is 0 Å². The predicted molar refractivity (Wildman–Crippen MR) is 115 cm³/mol. The maximum Gasteiger partial charge on any atom is 0.264 e. The van der Waals surface area contributed by atoms with Gasteiger partial charge in [-0.15, -0.1) is 0 Å². The summed E-state index contributed by atoms with van der Waals surface area (Å²) in [6.07, 6.45) is -0.342. The Morgan fingerprint density at radius 1 is 1.15 bits per heavy atom. The zero-order chi connectivity index (χ0) is 25.1. The summed E-state index contributed by atoms with van der Waals surface area (Å²) in [5.74, 6) is -11.3. The molecule has 2 amide bonds. The Labute approximate surface area is 193 Å². The molecular weight excluding hydrogens is 446 g/mol. The second-order valence-electron chi connectivity index (χ2n) is 9.08. The quantitative estimate of drug-likeness (QED) is 0.165. The Hall–Kier alpha value is -3.86. The standard InChI is InChI=1S/C23H23N3O8/c1-8(2)22(33)26-25-12-3-4-13(27)16-11(12)6-9-5-10-7-14(28)17(21(24)32)20(31)23(10,34)19(30)15(9)18(16)29/h3-4,9-10,15,17,25,27,34H,1,5-7H2,2H3,(H2,24,32)(H,26,33)/t9-,10+,15?,17?,23+/m1/s1. The molecule has 0 bridgehead atoms. The molecule has 1 aromatic carbocycles. The Morgan fingerprint density at radius 3 is 2.44 bits per heavy atom. The number of hydrogen-bond donors (Lipinski definition) is 5. The fourth-order valence-electron chi connectivity index (χ4n) is 5.32. The van der Waals surface area contributed by atoms with Gasteiger partial charge in [-0.1, -0.05) is 6.58 Å². The third-order valence-electron chi connectivity index (χ3n) is 6.98. The second-order valence-corrected chi connectivity index (χ2v) is 9.08. The third-order valence-corrected chi connectivity index (χ3v) is 6.98. The van der Waals surface area contributed by atoms with Crippen LogP contribution in [0.1, 0.15) is 35.7 Å². The molecule has 34 heavy (non-hydrogen) atoms. The molecule has 1 aromatic rings. The number of nitrogens with one attached hydrogen (secondary N) is 2. The van der Waals surface area contributed by atoms with Gasteiger partial charge in [0.2, 0.25) is 5.91 Å². The highest BCUT2D eigenvalue weighted by Gasteiger charge is 2.66. The minimum absolute atomic E-state index is 0.0196. The third kappa shape index (κ3) is 3.23. The van der Waals surface area contributed by atoms with Crippen molar-refractivity contribution in [3.63, 3.8) is 0 Å². The molecule has 11 nitrogen and oxygen atoms in total. The number of fused-ring (bicyclic) bond motifs is 3. The summed E-state index contributed by atoms with van der Waals surface area (Å²) in [5.41, 5.74) is 8.29. The minimum atomic E-state index is -2.69. The number of benzene rings is 1. The van der Waals surface area contributed by atoms with Crippen LogP contribution in [0.2, 0.25) is 0 Å². The zero-order valence-electron chi connectivity index (χ0n) is 18.2. The van der Waals surface area contributed by atoms with Crippen LogP contribution in [0, 0.1) is 23.7 Å². The number of aromatic hydroxyl groups is 1. The number of nitrogens with two attached hydrogens (primary N) is 1. The molecule has 6 N–H and O–H groups in total. The van der Waals surface area contributed by atoms with E-state index in [4.69, 9.17) is 5.73 Å². The summed E-state index contributed by atoms with van der Waals surface area (Å²) in [6.45, 7) is 5.03. The Bertz CT molecular complexity index is 1200. The molecule has 2 saturated carbocycles. The summed E-state index contributed by atoms with van der Waals surface area (Å²) in [4.78, 5) is 75.6. The predicted octanol–water partition coefficient (Wildman–Crippen LogP) is -0.654. The molecule has 0 aliphatic heterocycles. The van der Waals surface area contributed by atoms with Crippen LogP contribution in [0.3, 0.4) is 0 Å². The van der Waals surface area contributed by atoms with E-state index in [1.54, 1.807) is 0 Å². The number of hydrazine groups is 1. The van der Waals surface area contributed by atoms with Gasteiger partial charge in [0.15, 0.2) is 34.7 Å². The maximum atomic E-state index is 13.4. The highest BCUT2D eigenvalue weighted by Crippen LogP contribution is 2.50. The second kappa shape index (κ2) is 7.87. The van der Waals surface area contributed by atoms with Crippen LogP contribution in [0.25, 0.3) is 0 Å². The van der Waals surface area contributed by atoms with E-state index in [0.717, 1.165) is 0 Å². The van der Waals surface area contributed by atoms with Crippen LogP contribution < -0.4 is 16.6 Å². The van der Waals surface area contributed by atoms with Gasteiger partial charge in [-0.25, -0.2) is 0 Å². The molecular formula is C23H23N3O8. The van der Waals surface area contributed by atoms with E-state index in [2.05, 4.69) is 17.4 Å². The highest BCUT2D eigenvalue weighted by atomic mass is 16.3. The molecule has 5 atom stereocenters. The van der Waals surface area contributed by atoms with E-state index in [-0.39, 0.29) is 24.0 Å². The average Bonchev–Trinajstić information content (AvgIpc) is 2.75. The number of hydrogen-bond acceptors (Lipinski definition) is 9. The molecule has 0 spiro atoms. The molecule has 11 heteroatoms. The first kappa shape index (κ1) is 23.3. The van der Waals surface area contributed by atoms with Gasteiger partial charge in [-0.05, 0) is 43.4 Å². The lowest BCUT2D eigenvalue weighted by atomic mass is 9.54. The summed E-state index contributed by atoms with van der Waals surface area (Å²) >= 11 is 0. The zero-order valence-corrected chi connectivity index (χ0v) is 18.2. The van der Waals surface area contributed by atoms with Gasteiger partial charge < -0.3 is 15.9 Å². The van der Waals surface area contributed by atoms with Gasteiger partial charge in [-0.3, -0.25) is 39.6 Å². The topological polar surface area (TPSA) is 193 Å². The molecule has 2 fully saturated rings. The smallest absolute Gasteiger partial charge is 0.264 e. The number of rotatable bonds is 4. The lowest BCUT2D eigenvalue weighted by Crippen LogP contribution is -2.68. The van der Waals surface area contributed by atoms with Crippen LogP contribution in [0.5, 0.6) is 5.75 Å². The van der Waals surface area contributed by atoms with E-state index in [1.165, 1.54) is 19.1 Å². The summed E-state index contributed by atoms with van der Waals surface area (Å²) in [7, 11) is 0. The molecule has 0 saturated heterocycles. The highest BCUT2D eigenvalue weighted by molar-refractivity contribution is 6.31. The van der Waals surface area contributed by atoms with Gasteiger partial charge in [0.1, 0.15) is 5.75 Å². The SMILES string of the molecule is C=C(C)C(=O)NNc1ccc(O)c2c1C[C@H]1C[C@H]3CC(=O)C(C(N)=O)C(=O)[C@@]3(O)C(=O)C1C2=O. The number of anilines is 1. The molecule has 0 radical (unpaired) electrons. The molecule has 3 aliphatic rings. The van der Waals surface area contributed by atoms with Gasteiger partial charge >= 0.3 is 0 Å². The number of aliphatic hydroxyl groups is 1. The normalized spacial score (nSPS) is 30.1. The van der Waals surface area contributed by atoms with Gasteiger partial charge in [-0.2, -0.15) is 0 Å². The van der Waals surface area contributed by atoms with E-state index < -0.39 is 76.4 Å². The molecule has 0 aromatic heterocycles. The van der Waals surface area contributed by atoms with Crippen molar-refractivity contribution in [2.75, 3.05) is 5.43 Å². The van der Waals surface area contributed by atoms with Crippen molar-refractivity contribution in [3.8, 4) is 5.75 Å². The first-order chi connectivity index (χ1) is 15.9. The van der Waals surface area contributed by atoms with Crippen molar-refractivity contribution in [1.82, 2.24) is 5.43 Å². The minimum Gasteiger partial charge on any atom is -0.507 e. The number of primary amides is 1. The average molecular weight is 469 g/mol. The Kier molecular flexibility index (Phi) is 5.40. The van der Waals surface area contributed by atoms with Crippen molar-refractivity contribution in [1.29, 1.82) is 0 Å². The molecule has 0 heterocycles. The first-order valence-electron chi connectivity index (χ1n) is 10.6. The summed E-state index contributed by atoms with van der Waals surface area (Å²) in [6, 6.07) is 2.66. The largest absolute Gasteiger partial charge is 0.507 e. The number of Topliss-reactive ketones (excluding diaryl/α,β-unsaturated/α-hetero) is 4. The summed E-state index contributed by atoms with van der Waals surface area (Å²) in [5, 5.41) is 21.5. The van der Waals surface area contributed by atoms with E-state index >= 15 is 0 Å². The number of phenols is 1. The number of ketones is 4. The lowest BCUT2D eigenvalue weighted by Gasteiger charge is -2.48. The van der Waals surface area contributed by atoms with Gasteiger partial charge in [0.25, 0.3) is 5.91 Å². The van der Waals surface area contributed by atoms with Crippen molar-refractivity contribution in [2.45, 2.75) is 31.8 Å². The molecule has 4 rings (SSSR count). The van der Waals surface area contributed by atoms with Crippen molar-refractivity contribution < 1.29 is 39.0 Å². The number of carbonyl (C=O) groups is 6. The number of phenolic OH excluding ortho intramolecular Hbond substituents is 1. The molecule has 2 unspecified atom stereocenters. The number of amides is 2. The van der Waals surface area contributed by atoms with Crippen molar-refractivity contribution >= 4 is 40.6 Å². The fourth-order valence-corrected chi connectivity index (χ4v) is 5.32. The van der Waals surface area contributed by atoms with E-state index in [9.17, 15) is 39.0 Å². The Morgan fingerprint density at radius 2 is 1.82 bits per heavy atom. The van der Waals surface area contributed by atoms with Crippen LogP contribution in [0.15, 0.2) is 24.3 Å². The van der Waals surface area contributed by atoms with Crippen LogP contribution in [0.4, 0.5) is 5.69 Å². The lowest BCUT2D eigenvalue weighted by molar-refractivity contribution is -0.175. The molecule has 178 valence electrons. The van der Waals surface area contributed by atoms with Crippen LogP contribution in [-0.4, -0.2) is 50.8 Å². The van der Waals surface area contributed by atoms with E-state index in [0.29, 0.717) is 11.3 Å². The monoisotopic (exact) mass is 469 g/mol. The fraction of sp³-hybridized carbons (Fsp3) is 0.391. The van der Waals surface area contributed by atoms with Gasteiger partial charge in [0, 0.05) is 17.9 Å². The van der Waals surface area contributed by atoms with Crippen molar-refractivity contribution in [3.05, 3.63) is 35.4 Å². The Balaban J connectivity index is 1.74. The van der Waals surface area contributed by atoms with Crippen molar-refractivity contribution in [2.24, 2.45) is 29.4 Å². The molecule has 3 aliphatic carbocycles. The van der Waals surface area contributed by atoms with Crippen LogP contribution in [-0.2, 0) is 30.4 Å². The van der Waals surface area contributed by atoms with Gasteiger partial charge in [0.05, 0.1) is 17.2 Å². The van der Waals surface area contributed by atoms with E-state index in [1.807, 2.05) is 0 Å². The first-order valence-corrected chi connectivity index (χ1v) is 10.6. The maximum absolute atomic E-state index is 13.4. The number of carbonyl (C=O) groups excluding carboxylic acids is 6.